The molecule has 0 saturated carbocycles. The zero-order chi connectivity index (χ0) is 21.0. The number of nitrogens with zero attached hydrogens (tertiary/aromatic N) is 1. The largest absolute Gasteiger partial charge is 0.325 e. The molecule has 3 rings (SSSR count). The second-order valence-electron chi connectivity index (χ2n) is 7.97. The van der Waals surface area contributed by atoms with Gasteiger partial charge in [-0.1, -0.05) is 43.7 Å². The van der Waals surface area contributed by atoms with Crippen molar-refractivity contribution in [3.8, 4) is 0 Å². The number of piperazine rings is 1. The maximum Gasteiger partial charge on any atom is 0.279 e. The predicted molar refractivity (Wildman–Crippen MR) is 115 cm³/mol. The maximum atomic E-state index is 12.9. The number of carbonyl (C=O) groups is 1. The van der Waals surface area contributed by atoms with Crippen molar-refractivity contribution in [3.05, 3.63) is 59.7 Å². The van der Waals surface area contributed by atoms with E-state index in [9.17, 15) is 13.2 Å². The predicted octanol–water partition coefficient (Wildman–Crippen LogP) is 1.65. The number of rotatable bonds is 6. The van der Waals surface area contributed by atoms with Gasteiger partial charge in [0.25, 0.3) is 5.91 Å². The summed E-state index contributed by atoms with van der Waals surface area (Å²) < 4.78 is 27.3. The zero-order valence-electron chi connectivity index (χ0n) is 17.3. The number of hydrogen-bond donors (Lipinski definition) is 2. The molecule has 29 heavy (non-hydrogen) atoms. The van der Waals surface area contributed by atoms with Gasteiger partial charge in [-0.2, -0.15) is 4.31 Å². The van der Waals surface area contributed by atoms with E-state index in [0.717, 1.165) is 21.7 Å². The Morgan fingerprint density at radius 1 is 1.03 bits per heavy atom. The fourth-order valence-electron chi connectivity index (χ4n) is 3.46. The van der Waals surface area contributed by atoms with Crippen LogP contribution in [0, 0.1) is 6.92 Å². The highest BCUT2D eigenvalue weighted by atomic mass is 32.2. The van der Waals surface area contributed by atoms with Gasteiger partial charge in [0.05, 0.1) is 31.1 Å². The molecule has 0 radical (unpaired) electrons. The van der Waals surface area contributed by atoms with E-state index in [2.05, 4.69) is 19.2 Å². The number of quaternary nitrogens is 1. The van der Waals surface area contributed by atoms with Crippen molar-refractivity contribution in [1.82, 2.24) is 4.31 Å². The molecule has 0 atom stereocenters. The first-order valence-corrected chi connectivity index (χ1v) is 11.5. The molecule has 0 unspecified atom stereocenters. The first kappa shape index (κ1) is 21.5. The lowest BCUT2D eigenvalue weighted by atomic mass is 10.0. The van der Waals surface area contributed by atoms with Crippen LogP contribution in [0.3, 0.4) is 0 Å². The van der Waals surface area contributed by atoms with Crippen molar-refractivity contribution in [2.45, 2.75) is 31.6 Å². The lowest BCUT2D eigenvalue weighted by Gasteiger charge is -2.31. The topological polar surface area (TPSA) is 70.9 Å². The maximum absolute atomic E-state index is 12.9. The van der Waals surface area contributed by atoms with E-state index in [1.54, 1.807) is 12.1 Å². The highest BCUT2D eigenvalue weighted by Crippen LogP contribution is 2.20. The van der Waals surface area contributed by atoms with E-state index in [-0.39, 0.29) is 5.91 Å². The van der Waals surface area contributed by atoms with Gasteiger partial charge in [-0.25, -0.2) is 8.42 Å². The average Bonchev–Trinajstić information content (AvgIpc) is 2.70. The van der Waals surface area contributed by atoms with Crippen LogP contribution in [0.4, 0.5) is 5.69 Å². The molecule has 2 aromatic rings. The molecule has 1 saturated heterocycles. The fraction of sp³-hybridized carbons (Fsp3) is 0.409. The lowest BCUT2D eigenvalue weighted by molar-refractivity contribution is -0.895. The molecule has 156 valence electrons. The number of carbonyl (C=O) groups excluding carboxylic acids is 1. The summed E-state index contributed by atoms with van der Waals surface area (Å²) in [5, 5.41) is 2.91. The normalized spacial score (nSPS) is 16.1. The Labute approximate surface area is 173 Å². The second-order valence-corrected chi connectivity index (χ2v) is 9.91. The summed E-state index contributed by atoms with van der Waals surface area (Å²) in [5.41, 5.74) is 3.05. The van der Waals surface area contributed by atoms with Crippen LogP contribution in [0.15, 0.2) is 53.4 Å². The molecule has 0 spiro atoms. The van der Waals surface area contributed by atoms with Crippen LogP contribution in [0.5, 0.6) is 0 Å². The SMILES string of the molecule is Cc1ccc(NC(=O)C[NH+]2CCN(S(=O)(=O)c3ccc(C(C)C)cc3)CC2)cc1. The molecular formula is C22H30N3O3S+. The summed E-state index contributed by atoms with van der Waals surface area (Å²) in [6.07, 6.45) is 0. The smallest absolute Gasteiger partial charge is 0.279 e. The molecule has 2 N–H and O–H groups in total. The molecule has 0 aliphatic carbocycles. The van der Waals surface area contributed by atoms with Crippen LogP contribution < -0.4 is 10.2 Å². The zero-order valence-corrected chi connectivity index (χ0v) is 18.1. The number of sulfonamides is 1. The first-order valence-electron chi connectivity index (χ1n) is 10.1. The Kier molecular flexibility index (Phi) is 6.72. The number of hydrogen-bond acceptors (Lipinski definition) is 3. The number of benzene rings is 2. The summed E-state index contributed by atoms with van der Waals surface area (Å²) >= 11 is 0. The Balaban J connectivity index is 1.54. The molecule has 2 aromatic carbocycles. The van der Waals surface area contributed by atoms with Gasteiger partial charge in [0.2, 0.25) is 10.0 Å². The number of nitrogens with one attached hydrogen (secondary N) is 2. The third-order valence-electron chi connectivity index (χ3n) is 5.36. The number of amides is 1. The third-order valence-corrected chi connectivity index (χ3v) is 7.27. The summed E-state index contributed by atoms with van der Waals surface area (Å²) in [6, 6.07) is 14.8. The van der Waals surface area contributed by atoms with Crippen molar-refractivity contribution in [2.75, 3.05) is 38.0 Å². The number of aryl methyl sites for hydroxylation is 1. The van der Waals surface area contributed by atoms with E-state index in [4.69, 9.17) is 0 Å². The van der Waals surface area contributed by atoms with E-state index >= 15 is 0 Å². The highest BCUT2D eigenvalue weighted by molar-refractivity contribution is 7.89. The summed E-state index contributed by atoms with van der Waals surface area (Å²) in [4.78, 5) is 13.7. The molecular weight excluding hydrogens is 386 g/mol. The van der Waals surface area contributed by atoms with Gasteiger partial charge in [0.15, 0.2) is 6.54 Å². The van der Waals surface area contributed by atoms with Crippen molar-refractivity contribution in [1.29, 1.82) is 0 Å². The molecule has 6 nitrogen and oxygen atoms in total. The molecule has 1 heterocycles. The van der Waals surface area contributed by atoms with Gasteiger partial charge in [-0.05, 0) is 42.7 Å². The van der Waals surface area contributed by atoms with E-state index in [0.29, 0.717) is 43.5 Å². The molecule has 0 bridgehead atoms. The van der Waals surface area contributed by atoms with Crippen LogP contribution in [0.1, 0.15) is 30.9 Å². The summed E-state index contributed by atoms with van der Waals surface area (Å²) in [7, 11) is -3.49. The Morgan fingerprint density at radius 3 is 2.17 bits per heavy atom. The van der Waals surface area contributed by atoms with Crippen molar-refractivity contribution < 1.29 is 18.1 Å². The van der Waals surface area contributed by atoms with Gasteiger partial charge >= 0.3 is 0 Å². The molecule has 1 aliphatic rings. The molecule has 1 amide bonds. The van der Waals surface area contributed by atoms with Gasteiger partial charge in [-0.15, -0.1) is 0 Å². The van der Waals surface area contributed by atoms with Gasteiger partial charge in [0.1, 0.15) is 0 Å². The highest BCUT2D eigenvalue weighted by Gasteiger charge is 2.31. The van der Waals surface area contributed by atoms with Crippen LogP contribution in [0.2, 0.25) is 0 Å². The van der Waals surface area contributed by atoms with Crippen LogP contribution >= 0.6 is 0 Å². The molecule has 1 aliphatic heterocycles. The van der Waals surface area contributed by atoms with E-state index in [1.807, 2.05) is 43.3 Å². The standard InChI is InChI=1S/C22H29N3O3S/c1-17(2)19-6-10-21(11-7-19)29(27,28)25-14-12-24(13-15-25)16-22(26)23-20-8-4-18(3)5-9-20/h4-11,17H,12-16H2,1-3H3,(H,23,26)/p+1. The number of anilines is 1. The minimum Gasteiger partial charge on any atom is -0.325 e. The third kappa shape index (κ3) is 5.44. The lowest BCUT2D eigenvalue weighted by Crippen LogP contribution is -3.15. The minimum atomic E-state index is -3.49. The minimum absolute atomic E-state index is 0.0514. The van der Waals surface area contributed by atoms with Gasteiger partial charge in [0, 0.05) is 5.69 Å². The average molecular weight is 417 g/mol. The van der Waals surface area contributed by atoms with Crippen molar-refractivity contribution >= 4 is 21.6 Å². The Morgan fingerprint density at radius 2 is 1.62 bits per heavy atom. The molecule has 7 heteroatoms. The van der Waals surface area contributed by atoms with Gasteiger partial charge < -0.3 is 10.2 Å². The van der Waals surface area contributed by atoms with Crippen molar-refractivity contribution in [3.63, 3.8) is 0 Å². The van der Waals surface area contributed by atoms with Gasteiger partial charge in [-0.3, -0.25) is 4.79 Å². The van der Waals surface area contributed by atoms with Crippen LogP contribution in [-0.4, -0.2) is 51.4 Å². The fourth-order valence-corrected chi connectivity index (χ4v) is 4.90. The second kappa shape index (κ2) is 9.07. The monoisotopic (exact) mass is 416 g/mol. The Hall–Kier alpha value is -2.22. The quantitative estimate of drug-likeness (QED) is 0.752. The van der Waals surface area contributed by atoms with E-state index in [1.165, 1.54) is 4.31 Å². The first-order chi connectivity index (χ1) is 13.8. The summed E-state index contributed by atoms with van der Waals surface area (Å²) in [6.45, 7) is 8.58. The molecule has 1 fully saturated rings. The van der Waals surface area contributed by atoms with Crippen LogP contribution in [0.25, 0.3) is 0 Å². The van der Waals surface area contributed by atoms with Crippen LogP contribution in [-0.2, 0) is 14.8 Å². The van der Waals surface area contributed by atoms with E-state index < -0.39 is 10.0 Å². The van der Waals surface area contributed by atoms with Crippen molar-refractivity contribution in [2.24, 2.45) is 0 Å². The molecule has 0 aromatic heterocycles. The summed E-state index contributed by atoms with van der Waals surface area (Å²) in [5.74, 6) is 0.314. The Bertz CT molecular complexity index is 930.